The van der Waals surface area contributed by atoms with Crippen LogP contribution in [0.5, 0.6) is 0 Å². The average Bonchev–Trinajstić information content (AvgIpc) is 2.17. The van der Waals surface area contributed by atoms with Crippen molar-refractivity contribution < 1.29 is 4.21 Å². The summed E-state index contributed by atoms with van der Waals surface area (Å²) in [6, 6.07) is -0.0133. The Morgan fingerprint density at radius 3 is 2.25 bits per heavy atom. The van der Waals surface area contributed by atoms with Gasteiger partial charge in [-0.3, -0.25) is 0 Å². The number of hydrogen-bond acceptors (Lipinski definition) is 3. The highest BCUT2D eigenvalue weighted by atomic mass is 32.2. The van der Waals surface area contributed by atoms with E-state index in [1.165, 1.54) is 0 Å². The summed E-state index contributed by atoms with van der Waals surface area (Å²) < 4.78 is 14.7. The quantitative estimate of drug-likeness (QED) is 0.879. The van der Waals surface area contributed by atoms with Gasteiger partial charge in [0, 0.05) is 24.0 Å². The molecule has 0 fully saturated rings. The highest BCUT2D eigenvalue weighted by Gasteiger charge is 2.21. The normalized spacial score (nSPS) is 15.8. The lowest BCUT2D eigenvalue weighted by Gasteiger charge is -2.21. The van der Waals surface area contributed by atoms with Crippen molar-refractivity contribution in [3.05, 3.63) is 23.8 Å². The Labute approximate surface area is 99.5 Å². The van der Waals surface area contributed by atoms with Gasteiger partial charge in [0.15, 0.2) is 0 Å². The van der Waals surface area contributed by atoms with Gasteiger partial charge in [0.1, 0.15) is 5.82 Å². The fourth-order valence-corrected chi connectivity index (χ4v) is 1.84. The molecule has 0 aliphatic heterocycles. The van der Waals surface area contributed by atoms with Crippen molar-refractivity contribution in [3.63, 3.8) is 0 Å². The van der Waals surface area contributed by atoms with E-state index in [1.54, 1.807) is 12.4 Å². The molecule has 0 aliphatic carbocycles. The molecule has 1 N–H and O–H groups in total. The van der Waals surface area contributed by atoms with Crippen molar-refractivity contribution in [1.29, 1.82) is 0 Å². The number of rotatable bonds is 3. The third kappa shape index (κ3) is 3.64. The molecule has 0 unspecified atom stereocenters. The summed E-state index contributed by atoms with van der Waals surface area (Å²) in [4.78, 5) is 8.24. The first-order valence-corrected chi connectivity index (χ1v) is 6.42. The summed E-state index contributed by atoms with van der Waals surface area (Å²) in [6.07, 6.45) is 3.53. The summed E-state index contributed by atoms with van der Waals surface area (Å²) in [5.41, 5.74) is 0.947. The molecule has 16 heavy (non-hydrogen) atoms. The van der Waals surface area contributed by atoms with Gasteiger partial charge in [-0.25, -0.2) is 18.9 Å². The molecule has 5 heteroatoms. The van der Waals surface area contributed by atoms with Gasteiger partial charge in [0.05, 0.1) is 15.7 Å². The molecular formula is C11H19N3OS. The maximum absolute atomic E-state index is 11.9. The molecule has 0 saturated carbocycles. The van der Waals surface area contributed by atoms with Crippen LogP contribution in [0.4, 0.5) is 0 Å². The Morgan fingerprint density at radius 2 is 1.81 bits per heavy atom. The third-order valence-corrected chi connectivity index (χ3v) is 3.82. The van der Waals surface area contributed by atoms with Crippen molar-refractivity contribution in [2.45, 2.75) is 45.4 Å². The van der Waals surface area contributed by atoms with E-state index in [9.17, 15) is 4.21 Å². The van der Waals surface area contributed by atoms with E-state index in [4.69, 9.17) is 0 Å². The zero-order valence-corrected chi connectivity index (χ0v) is 11.3. The second kappa shape index (κ2) is 5.01. The Kier molecular flexibility index (Phi) is 4.15. The molecule has 0 amide bonds. The van der Waals surface area contributed by atoms with Crippen LogP contribution in [0.15, 0.2) is 12.4 Å². The van der Waals surface area contributed by atoms with Gasteiger partial charge < -0.3 is 0 Å². The summed E-state index contributed by atoms with van der Waals surface area (Å²) >= 11 is 0. The molecule has 2 atom stereocenters. The van der Waals surface area contributed by atoms with Gasteiger partial charge in [-0.15, -0.1) is 0 Å². The number of nitrogens with one attached hydrogen (secondary N) is 1. The highest BCUT2D eigenvalue weighted by Crippen LogP contribution is 2.15. The average molecular weight is 241 g/mol. The summed E-state index contributed by atoms with van der Waals surface area (Å²) in [6.45, 7) is 9.62. The molecule has 1 heterocycles. The Bertz CT molecular complexity index is 370. The lowest BCUT2D eigenvalue weighted by Crippen LogP contribution is -2.34. The van der Waals surface area contributed by atoms with Gasteiger partial charge in [-0.05, 0) is 34.6 Å². The SMILES string of the molecule is Cc1ncc([C@@H](C)N[S@@](=O)C(C)(C)C)cn1. The van der Waals surface area contributed by atoms with Gasteiger partial charge in [-0.2, -0.15) is 0 Å². The van der Waals surface area contributed by atoms with Crippen LogP contribution in [0.2, 0.25) is 0 Å². The highest BCUT2D eigenvalue weighted by molar-refractivity contribution is 7.84. The first kappa shape index (κ1) is 13.3. The molecule has 1 rings (SSSR count). The van der Waals surface area contributed by atoms with Crippen LogP contribution < -0.4 is 4.72 Å². The third-order valence-electron chi connectivity index (χ3n) is 2.14. The summed E-state index contributed by atoms with van der Waals surface area (Å²) in [5, 5.41) is 0. The van der Waals surface area contributed by atoms with Crippen molar-refractivity contribution >= 4 is 11.0 Å². The Hall–Kier alpha value is -0.810. The largest absolute Gasteiger partial charge is 0.242 e. The minimum atomic E-state index is -1.08. The fourth-order valence-electron chi connectivity index (χ4n) is 1.03. The van der Waals surface area contributed by atoms with E-state index in [0.717, 1.165) is 11.4 Å². The number of aromatic nitrogens is 2. The lowest BCUT2D eigenvalue weighted by atomic mass is 10.2. The predicted octanol–water partition coefficient (Wildman–Crippen LogP) is 1.90. The maximum atomic E-state index is 11.9. The van der Waals surface area contributed by atoms with Crippen molar-refractivity contribution in [2.75, 3.05) is 0 Å². The van der Waals surface area contributed by atoms with Crippen LogP contribution in [-0.4, -0.2) is 18.9 Å². The minimum absolute atomic E-state index is 0.0133. The molecular weight excluding hydrogens is 222 g/mol. The van der Waals surface area contributed by atoms with Crippen LogP contribution >= 0.6 is 0 Å². The van der Waals surface area contributed by atoms with Crippen molar-refractivity contribution in [1.82, 2.24) is 14.7 Å². The molecule has 0 aromatic carbocycles. The van der Waals surface area contributed by atoms with Crippen LogP contribution in [0, 0.1) is 6.92 Å². The zero-order valence-electron chi connectivity index (χ0n) is 10.4. The van der Waals surface area contributed by atoms with E-state index in [-0.39, 0.29) is 10.8 Å². The van der Waals surface area contributed by atoms with Gasteiger partial charge in [0.2, 0.25) is 0 Å². The first-order valence-electron chi connectivity index (χ1n) is 5.27. The Balaban J connectivity index is 2.69. The van der Waals surface area contributed by atoms with Crippen LogP contribution in [-0.2, 0) is 11.0 Å². The molecule has 1 aromatic heterocycles. The smallest absolute Gasteiger partial charge is 0.125 e. The molecule has 0 radical (unpaired) electrons. The molecule has 1 aromatic rings. The predicted molar refractivity (Wildman–Crippen MR) is 66.2 cm³/mol. The molecule has 0 aliphatic rings. The van der Waals surface area contributed by atoms with Crippen molar-refractivity contribution in [3.8, 4) is 0 Å². The second-order valence-corrected chi connectivity index (χ2v) is 6.78. The second-order valence-electron chi connectivity index (χ2n) is 4.78. The minimum Gasteiger partial charge on any atom is -0.242 e. The summed E-state index contributed by atoms with van der Waals surface area (Å²) in [5.74, 6) is 0.743. The van der Waals surface area contributed by atoms with E-state index >= 15 is 0 Å². The molecule has 0 spiro atoms. The topological polar surface area (TPSA) is 54.9 Å². The van der Waals surface area contributed by atoms with Crippen LogP contribution in [0.25, 0.3) is 0 Å². The summed E-state index contributed by atoms with van der Waals surface area (Å²) in [7, 11) is -1.08. The number of hydrogen-bond donors (Lipinski definition) is 1. The van der Waals surface area contributed by atoms with Crippen LogP contribution in [0.3, 0.4) is 0 Å². The number of nitrogens with zero attached hydrogens (tertiary/aromatic N) is 2. The van der Waals surface area contributed by atoms with Crippen molar-refractivity contribution in [2.24, 2.45) is 0 Å². The maximum Gasteiger partial charge on any atom is 0.125 e. The molecule has 4 nitrogen and oxygen atoms in total. The van der Waals surface area contributed by atoms with Crippen LogP contribution in [0.1, 0.15) is 45.1 Å². The van der Waals surface area contributed by atoms with E-state index < -0.39 is 11.0 Å². The van der Waals surface area contributed by atoms with Gasteiger partial charge in [-0.1, -0.05) is 0 Å². The van der Waals surface area contributed by atoms with E-state index in [0.29, 0.717) is 0 Å². The lowest BCUT2D eigenvalue weighted by molar-refractivity contribution is 0.614. The first-order chi connectivity index (χ1) is 7.30. The molecule has 90 valence electrons. The Morgan fingerprint density at radius 1 is 1.31 bits per heavy atom. The zero-order chi connectivity index (χ0) is 12.3. The number of aryl methyl sites for hydroxylation is 1. The van der Waals surface area contributed by atoms with E-state index in [1.807, 2.05) is 34.6 Å². The van der Waals surface area contributed by atoms with Gasteiger partial charge >= 0.3 is 0 Å². The fraction of sp³-hybridized carbons (Fsp3) is 0.636. The molecule has 0 saturated heterocycles. The monoisotopic (exact) mass is 241 g/mol. The van der Waals surface area contributed by atoms with Gasteiger partial charge in [0.25, 0.3) is 0 Å². The standard InChI is InChI=1S/C11H19N3OS/c1-8(14-16(15)11(3,4)5)10-6-12-9(2)13-7-10/h6-8,14H,1-5H3/t8-,16+/m1/s1. The molecule has 0 bridgehead atoms. The van der Waals surface area contributed by atoms with E-state index in [2.05, 4.69) is 14.7 Å².